The minimum absolute atomic E-state index is 0.127. The van der Waals surface area contributed by atoms with Gasteiger partial charge in [-0.2, -0.15) is 11.8 Å². The predicted octanol–water partition coefficient (Wildman–Crippen LogP) is 6.80. The van der Waals surface area contributed by atoms with Crippen molar-refractivity contribution in [2.24, 2.45) is 5.41 Å². The van der Waals surface area contributed by atoms with E-state index in [0.29, 0.717) is 5.25 Å². The molecule has 156 valence electrons. The molecule has 0 aromatic heterocycles. The van der Waals surface area contributed by atoms with E-state index in [9.17, 15) is 4.79 Å². The Morgan fingerprint density at radius 2 is 1.93 bits per heavy atom. The maximum atomic E-state index is 12.2. The van der Waals surface area contributed by atoms with E-state index in [4.69, 9.17) is 4.74 Å². The van der Waals surface area contributed by atoms with E-state index >= 15 is 0 Å². The lowest BCUT2D eigenvalue weighted by Crippen LogP contribution is -2.35. The van der Waals surface area contributed by atoms with E-state index in [1.165, 1.54) is 10.5 Å². The summed E-state index contributed by atoms with van der Waals surface area (Å²) in [6.45, 7) is 12.7. The van der Waals surface area contributed by atoms with Gasteiger partial charge in [-0.3, -0.25) is 4.79 Å². The molecule has 0 aliphatic carbocycles. The summed E-state index contributed by atoms with van der Waals surface area (Å²) in [6.07, 6.45) is 8.02. The minimum atomic E-state index is -0.366. The van der Waals surface area contributed by atoms with Gasteiger partial charge in [0.1, 0.15) is 12.4 Å². The van der Waals surface area contributed by atoms with Gasteiger partial charge < -0.3 is 4.74 Å². The van der Waals surface area contributed by atoms with Gasteiger partial charge in [-0.1, -0.05) is 52.8 Å². The fourth-order valence-electron chi connectivity index (χ4n) is 3.87. The number of carbonyl (C=O) groups excluding carboxylic acids is 1. The second-order valence-electron chi connectivity index (χ2n) is 8.75. The molecule has 1 aromatic carbocycles. The second kappa shape index (κ2) is 9.75. The monoisotopic (exact) mass is 420 g/mol. The van der Waals surface area contributed by atoms with E-state index in [1.807, 2.05) is 32.5 Å². The Morgan fingerprint density at radius 1 is 1.25 bits per heavy atom. The first kappa shape index (κ1) is 23.4. The molecule has 1 aliphatic rings. The molecular weight excluding hydrogens is 384 g/mol. The van der Waals surface area contributed by atoms with E-state index in [2.05, 4.69) is 63.1 Å². The van der Waals surface area contributed by atoms with Crippen molar-refractivity contribution < 1.29 is 9.53 Å². The minimum Gasteiger partial charge on any atom is -0.486 e. The number of thioether (sulfide) groups is 2. The highest BCUT2D eigenvalue weighted by Crippen LogP contribution is 2.49. The summed E-state index contributed by atoms with van der Waals surface area (Å²) in [5.74, 6) is 2.07. The van der Waals surface area contributed by atoms with Gasteiger partial charge in [0.05, 0.1) is 0 Å². The number of allylic oxidation sites excluding steroid dienone is 1. The number of aryl methyl sites for hydroxylation is 1. The standard InChI is InChI=1S/C24H36O2S2/c1-8-24(9-2,22-13-11-19(28-22)16-27-7)18-10-12-20(17(3)14-18)26-15-21(25)23(4,5)6/h10-12,14,22H,8-9,13,15-16H2,1-7H3. The Kier molecular flexibility index (Phi) is 8.16. The molecule has 28 heavy (non-hydrogen) atoms. The quantitative estimate of drug-likeness (QED) is 0.439. The zero-order valence-electron chi connectivity index (χ0n) is 18.6. The number of Topliss-reactive ketones (excluding diaryl/α,β-unsaturated/α-hetero) is 1. The highest BCUT2D eigenvalue weighted by molar-refractivity contribution is 8.06. The fraction of sp³-hybridized carbons (Fsp3) is 0.625. The zero-order chi connectivity index (χ0) is 20.9. The molecule has 1 unspecified atom stereocenters. The molecular formula is C24H36O2S2. The SMILES string of the molecule is CCC(CC)(c1ccc(OCC(=O)C(C)(C)C)c(C)c1)C1CC=C(CSC)S1. The third kappa shape index (κ3) is 5.18. The van der Waals surface area contributed by atoms with E-state index in [-0.39, 0.29) is 23.2 Å². The Bertz CT molecular complexity index is 712. The third-order valence-corrected chi connectivity index (χ3v) is 8.29. The van der Waals surface area contributed by atoms with Gasteiger partial charge in [-0.15, -0.1) is 11.8 Å². The topological polar surface area (TPSA) is 26.3 Å². The van der Waals surface area contributed by atoms with Crippen molar-refractivity contribution >= 4 is 29.3 Å². The van der Waals surface area contributed by atoms with Crippen molar-refractivity contribution in [3.8, 4) is 5.75 Å². The molecule has 1 aliphatic heterocycles. The van der Waals surface area contributed by atoms with Crippen LogP contribution < -0.4 is 4.74 Å². The van der Waals surface area contributed by atoms with Gasteiger partial charge in [-0.25, -0.2) is 0 Å². The summed E-state index contributed by atoms with van der Waals surface area (Å²) in [7, 11) is 0. The van der Waals surface area contributed by atoms with Crippen molar-refractivity contribution in [2.45, 2.75) is 71.5 Å². The number of benzene rings is 1. The molecule has 0 saturated carbocycles. The highest BCUT2D eigenvalue weighted by Gasteiger charge is 2.40. The van der Waals surface area contributed by atoms with E-state index in [1.54, 1.807) is 0 Å². The third-order valence-electron chi connectivity index (χ3n) is 5.96. The van der Waals surface area contributed by atoms with Crippen LogP contribution in [0.4, 0.5) is 0 Å². The number of ether oxygens (including phenoxy) is 1. The Hall–Kier alpha value is -0.870. The summed E-state index contributed by atoms with van der Waals surface area (Å²) in [4.78, 5) is 13.7. The van der Waals surface area contributed by atoms with Crippen molar-refractivity contribution in [1.29, 1.82) is 0 Å². The van der Waals surface area contributed by atoms with Crippen LogP contribution in [0.3, 0.4) is 0 Å². The summed E-state index contributed by atoms with van der Waals surface area (Å²) >= 11 is 3.98. The number of ketones is 1. The van der Waals surface area contributed by atoms with Gasteiger partial charge in [0.25, 0.3) is 0 Å². The summed E-state index contributed by atoms with van der Waals surface area (Å²) < 4.78 is 5.87. The average molecular weight is 421 g/mol. The maximum Gasteiger partial charge on any atom is 0.175 e. The molecule has 1 atom stereocenters. The molecule has 2 nitrogen and oxygen atoms in total. The molecule has 0 N–H and O–H groups in total. The largest absolute Gasteiger partial charge is 0.486 e. The zero-order valence-corrected chi connectivity index (χ0v) is 20.2. The van der Waals surface area contributed by atoms with E-state index in [0.717, 1.165) is 36.3 Å². The lowest BCUT2D eigenvalue weighted by Gasteiger charge is -2.38. The van der Waals surface area contributed by atoms with Crippen LogP contribution in [0.1, 0.15) is 65.0 Å². The molecule has 4 heteroatoms. The number of hydrogen-bond donors (Lipinski definition) is 0. The van der Waals surface area contributed by atoms with Gasteiger partial charge in [-0.05, 0) is 54.5 Å². The second-order valence-corrected chi connectivity index (χ2v) is 10.9. The maximum absolute atomic E-state index is 12.2. The van der Waals surface area contributed by atoms with Crippen LogP contribution in [0.25, 0.3) is 0 Å². The van der Waals surface area contributed by atoms with Crippen LogP contribution in [-0.4, -0.2) is 29.6 Å². The van der Waals surface area contributed by atoms with Gasteiger partial charge in [0.15, 0.2) is 5.78 Å². The van der Waals surface area contributed by atoms with Crippen LogP contribution in [-0.2, 0) is 10.2 Å². The van der Waals surface area contributed by atoms with Gasteiger partial charge in [0.2, 0.25) is 0 Å². The smallest absolute Gasteiger partial charge is 0.175 e. The fourth-order valence-corrected chi connectivity index (χ4v) is 6.34. The van der Waals surface area contributed by atoms with Crippen molar-refractivity contribution in [3.63, 3.8) is 0 Å². The average Bonchev–Trinajstić information content (AvgIpc) is 3.11. The van der Waals surface area contributed by atoms with Crippen LogP contribution >= 0.6 is 23.5 Å². The number of hydrogen-bond acceptors (Lipinski definition) is 4. The van der Waals surface area contributed by atoms with Gasteiger partial charge in [0, 0.05) is 21.8 Å². The Balaban J connectivity index is 2.20. The Labute approximate surface area is 180 Å². The lowest BCUT2D eigenvalue weighted by molar-refractivity contribution is -0.128. The van der Waals surface area contributed by atoms with Crippen molar-refractivity contribution in [3.05, 3.63) is 40.3 Å². The normalized spacial score (nSPS) is 17.5. The molecule has 1 aromatic rings. The molecule has 1 heterocycles. The first-order valence-corrected chi connectivity index (χ1v) is 12.6. The molecule has 0 bridgehead atoms. The molecule has 0 radical (unpaired) electrons. The van der Waals surface area contributed by atoms with E-state index < -0.39 is 0 Å². The van der Waals surface area contributed by atoms with Crippen LogP contribution in [0.5, 0.6) is 5.75 Å². The summed E-state index contributed by atoms with van der Waals surface area (Å²) in [5.41, 5.74) is 2.33. The Morgan fingerprint density at radius 3 is 2.46 bits per heavy atom. The first-order chi connectivity index (χ1) is 13.2. The molecule has 0 fully saturated rings. The van der Waals surface area contributed by atoms with Crippen molar-refractivity contribution in [2.75, 3.05) is 18.6 Å². The lowest BCUT2D eigenvalue weighted by atomic mass is 9.71. The molecule has 0 amide bonds. The van der Waals surface area contributed by atoms with Gasteiger partial charge >= 0.3 is 0 Å². The molecule has 0 spiro atoms. The van der Waals surface area contributed by atoms with Crippen LogP contribution in [0.2, 0.25) is 0 Å². The first-order valence-electron chi connectivity index (χ1n) is 10.3. The molecule has 0 saturated heterocycles. The highest BCUT2D eigenvalue weighted by atomic mass is 32.2. The number of rotatable bonds is 9. The number of carbonyl (C=O) groups is 1. The van der Waals surface area contributed by atoms with Crippen molar-refractivity contribution in [1.82, 2.24) is 0 Å². The predicted molar refractivity (Wildman–Crippen MR) is 126 cm³/mol. The molecule has 2 rings (SSSR count). The van der Waals surface area contributed by atoms with Crippen LogP contribution in [0, 0.1) is 12.3 Å². The summed E-state index contributed by atoms with van der Waals surface area (Å²) in [6, 6.07) is 6.58. The summed E-state index contributed by atoms with van der Waals surface area (Å²) in [5, 5.41) is 0.596. The van der Waals surface area contributed by atoms with Crippen LogP contribution in [0.15, 0.2) is 29.2 Å².